The van der Waals surface area contributed by atoms with Gasteiger partial charge in [0.05, 0.1) is 18.2 Å². The minimum Gasteiger partial charge on any atom is -0.478 e. The lowest BCUT2D eigenvalue weighted by atomic mass is 10.1. The van der Waals surface area contributed by atoms with Gasteiger partial charge in [0.2, 0.25) is 0 Å². The number of thiophene rings is 1. The van der Waals surface area contributed by atoms with Crippen molar-refractivity contribution in [3.63, 3.8) is 0 Å². The van der Waals surface area contributed by atoms with Crippen LogP contribution < -0.4 is 5.32 Å². The zero-order chi connectivity index (χ0) is 15.1. The van der Waals surface area contributed by atoms with Gasteiger partial charge in [-0.25, -0.2) is 4.79 Å². The Morgan fingerprint density at radius 3 is 2.75 bits per heavy atom. The van der Waals surface area contributed by atoms with E-state index in [1.54, 1.807) is 18.6 Å². The molecule has 0 bridgehead atoms. The lowest BCUT2D eigenvalue weighted by molar-refractivity contribution is -0.131. The number of carboxylic acids is 1. The number of amides is 1. The number of nitrogens with one attached hydrogen (secondary N) is 1. The molecule has 1 rings (SSSR count). The molecule has 110 valence electrons. The van der Waals surface area contributed by atoms with E-state index >= 15 is 0 Å². The highest BCUT2D eigenvalue weighted by atomic mass is 32.1. The summed E-state index contributed by atoms with van der Waals surface area (Å²) in [6.45, 7) is 4.48. The Labute approximate surface area is 122 Å². The fraction of sp³-hybridized carbons (Fsp3) is 0.429. The SMILES string of the molecule is COCC(NC(=O)c1csc(C=CC(=O)O)c1)C(C)C. The molecule has 0 aliphatic carbocycles. The molecule has 20 heavy (non-hydrogen) atoms. The second-order valence-corrected chi connectivity index (χ2v) is 5.63. The number of methoxy groups -OCH3 is 1. The largest absolute Gasteiger partial charge is 0.478 e. The Kier molecular flexibility index (Phi) is 6.41. The summed E-state index contributed by atoms with van der Waals surface area (Å²) in [5, 5.41) is 13.2. The Bertz CT molecular complexity index is 493. The summed E-state index contributed by atoms with van der Waals surface area (Å²) in [7, 11) is 1.60. The molecule has 1 aromatic rings. The van der Waals surface area contributed by atoms with Gasteiger partial charge in [0.25, 0.3) is 5.91 Å². The lowest BCUT2D eigenvalue weighted by Gasteiger charge is -2.21. The second-order valence-electron chi connectivity index (χ2n) is 4.69. The standard InChI is InChI=1S/C14H19NO4S/c1-9(2)12(7-19-3)15-14(18)10-6-11(20-8-10)4-5-13(16)17/h4-6,8-9,12H,7H2,1-3H3,(H,15,18)(H,16,17). The molecule has 0 radical (unpaired) electrons. The molecule has 1 atom stereocenters. The molecule has 2 N–H and O–H groups in total. The Morgan fingerprint density at radius 1 is 1.50 bits per heavy atom. The Hall–Kier alpha value is -1.66. The van der Waals surface area contributed by atoms with Gasteiger partial charge in [-0.1, -0.05) is 13.8 Å². The van der Waals surface area contributed by atoms with Crippen LogP contribution in [0.15, 0.2) is 17.5 Å². The van der Waals surface area contributed by atoms with Gasteiger partial charge in [-0.3, -0.25) is 4.79 Å². The summed E-state index contributed by atoms with van der Waals surface area (Å²) in [6.07, 6.45) is 2.52. The number of hydrogen-bond donors (Lipinski definition) is 2. The van der Waals surface area contributed by atoms with Crippen LogP contribution in [-0.4, -0.2) is 36.7 Å². The third-order valence-corrected chi connectivity index (χ3v) is 3.64. The van der Waals surface area contributed by atoms with E-state index in [0.29, 0.717) is 12.2 Å². The van der Waals surface area contributed by atoms with E-state index in [0.717, 1.165) is 11.0 Å². The van der Waals surface area contributed by atoms with Crippen molar-refractivity contribution in [2.45, 2.75) is 19.9 Å². The smallest absolute Gasteiger partial charge is 0.328 e. The van der Waals surface area contributed by atoms with Crippen molar-refractivity contribution in [3.05, 3.63) is 28.0 Å². The monoisotopic (exact) mass is 297 g/mol. The van der Waals surface area contributed by atoms with E-state index < -0.39 is 5.97 Å². The highest BCUT2D eigenvalue weighted by Crippen LogP contribution is 2.17. The lowest BCUT2D eigenvalue weighted by Crippen LogP contribution is -2.41. The third-order valence-electron chi connectivity index (χ3n) is 2.74. The molecule has 1 amide bonds. The summed E-state index contributed by atoms with van der Waals surface area (Å²) in [5.74, 6) is -0.916. The first-order valence-electron chi connectivity index (χ1n) is 6.23. The van der Waals surface area contributed by atoms with Gasteiger partial charge < -0.3 is 15.2 Å². The number of carbonyl (C=O) groups is 2. The van der Waals surface area contributed by atoms with Crippen LogP contribution in [0.25, 0.3) is 6.08 Å². The van der Waals surface area contributed by atoms with Gasteiger partial charge in [0.15, 0.2) is 0 Å². The molecule has 1 aromatic heterocycles. The average Bonchev–Trinajstić information content (AvgIpc) is 2.84. The van der Waals surface area contributed by atoms with E-state index in [9.17, 15) is 9.59 Å². The summed E-state index contributed by atoms with van der Waals surface area (Å²) in [4.78, 5) is 23.2. The fourth-order valence-corrected chi connectivity index (χ4v) is 2.32. The van der Waals surface area contributed by atoms with Gasteiger partial charge in [-0.05, 0) is 18.1 Å². The topological polar surface area (TPSA) is 75.6 Å². The van der Waals surface area contributed by atoms with E-state index in [1.807, 2.05) is 13.8 Å². The highest BCUT2D eigenvalue weighted by Gasteiger charge is 2.17. The van der Waals surface area contributed by atoms with Gasteiger partial charge in [0, 0.05) is 23.4 Å². The number of hydrogen-bond acceptors (Lipinski definition) is 4. The maximum atomic E-state index is 12.1. The molecule has 0 aliphatic rings. The van der Waals surface area contributed by atoms with Crippen molar-refractivity contribution < 1.29 is 19.4 Å². The summed E-state index contributed by atoms with van der Waals surface area (Å²) < 4.78 is 5.08. The molecular formula is C14H19NO4S. The van der Waals surface area contributed by atoms with E-state index in [2.05, 4.69) is 5.32 Å². The zero-order valence-electron chi connectivity index (χ0n) is 11.8. The first-order chi connectivity index (χ1) is 9.43. The molecule has 0 saturated carbocycles. The number of carbonyl (C=O) groups excluding carboxylic acids is 1. The van der Waals surface area contributed by atoms with E-state index in [-0.39, 0.29) is 17.9 Å². The van der Waals surface area contributed by atoms with Crippen LogP contribution in [0.1, 0.15) is 29.1 Å². The van der Waals surface area contributed by atoms with Crippen molar-refractivity contribution >= 4 is 29.3 Å². The normalized spacial score (nSPS) is 12.8. The first-order valence-corrected chi connectivity index (χ1v) is 7.11. The highest BCUT2D eigenvalue weighted by molar-refractivity contribution is 7.11. The van der Waals surface area contributed by atoms with Crippen LogP contribution in [0.3, 0.4) is 0 Å². The summed E-state index contributed by atoms with van der Waals surface area (Å²) in [5.41, 5.74) is 0.529. The average molecular weight is 297 g/mol. The molecule has 0 saturated heterocycles. The van der Waals surface area contributed by atoms with E-state index in [4.69, 9.17) is 9.84 Å². The van der Waals surface area contributed by atoms with Gasteiger partial charge in [0.1, 0.15) is 0 Å². The van der Waals surface area contributed by atoms with Gasteiger partial charge >= 0.3 is 5.97 Å². The van der Waals surface area contributed by atoms with E-state index in [1.165, 1.54) is 17.4 Å². The minimum absolute atomic E-state index is 0.0505. The van der Waals surface area contributed by atoms with Crippen LogP contribution in [0, 0.1) is 5.92 Å². The van der Waals surface area contributed by atoms with Crippen molar-refractivity contribution in [2.24, 2.45) is 5.92 Å². The molecule has 0 aliphatic heterocycles. The van der Waals surface area contributed by atoms with Gasteiger partial charge in [-0.2, -0.15) is 0 Å². The number of rotatable bonds is 7. The number of aliphatic carboxylic acids is 1. The minimum atomic E-state index is -1.01. The summed E-state index contributed by atoms with van der Waals surface area (Å²) >= 11 is 1.33. The molecular weight excluding hydrogens is 278 g/mol. The van der Waals surface area contributed by atoms with Crippen molar-refractivity contribution in [2.75, 3.05) is 13.7 Å². The molecule has 1 heterocycles. The van der Waals surface area contributed by atoms with Gasteiger partial charge in [-0.15, -0.1) is 11.3 Å². The van der Waals surface area contributed by atoms with Crippen molar-refractivity contribution in [1.29, 1.82) is 0 Å². The third kappa shape index (κ3) is 5.14. The van der Waals surface area contributed by atoms with Crippen molar-refractivity contribution in [1.82, 2.24) is 5.32 Å². The number of carboxylic acid groups (broad SMARTS) is 1. The maximum Gasteiger partial charge on any atom is 0.328 e. The maximum absolute atomic E-state index is 12.1. The van der Waals surface area contributed by atoms with Crippen LogP contribution in [-0.2, 0) is 9.53 Å². The van der Waals surface area contributed by atoms with Crippen LogP contribution >= 0.6 is 11.3 Å². The molecule has 1 unspecified atom stereocenters. The Balaban J connectivity index is 2.70. The predicted molar refractivity (Wildman–Crippen MR) is 79.0 cm³/mol. The molecule has 0 fully saturated rings. The number of ether oxygens (including phenoxy) is 1. The molecule has 6 heteroatoms. The fourth-order valence-electron chi connectivity index (χ4n) is 1.54. The zero-order valence-corrected chi connectivity index (χ0v) is 12.6. The van der Waals surface area contributed by atoms with Crippen molar-refractivity contribution in [3.8, 4) is 0 Å². The Morgan fingerprint density at radius 2 is 2.20 bits per heavy atom. The molecule has 5 nitrogen and oxygen atoms in total. The molecule has 0 aromatic carbocycles. The summed E-state index contributed by atoms with van der Waals surface area (Å²) in [6, 6.07) is 1.62. The molecule has 0 spiro atoms. The predicted octanol–water partition coefficient (Wildman–Crippen LogP) is 2.25. The quantitative estimate of drug-likeness (QED) is 0.757. The second kappa shape index (κ2) is 7.81. The van der Waals surface area contributed by atoms with Crippen LogP contribution in [0.2, 0.25) is 0 Å². The van der Waals surface area contributed by atoms with Crippen LogP contribution in [0.5, 0.6) is 0 Å². The van der Waals surface area contributed by atoms with Crippen LogP contribution in [0.4, 0.5) is 0 Å². The first kappa shape index (κ1) is 16.4.